The Labute approximate surface area is 220 Å². The van der Waals surface area contributed by atoms with Crippen LogP contribution < -0.4 is 14.2 Å². The summed E-state index contributed by atoms with van der Waals surface area (Å²) in [6, 6.07) is 15.1. The number of thiophene rings is 1. The number of hydrogen-bond acceptors (Lipinski definition) is 6. The van der Waals surface area contributed by atoms with Crippen molar-refractivity contribution in [3.8, 4) is 17.2 Å². The van der Waals surface area contributed by atoms with Gasteiger partial charge in [-0.1, -0.05) is 17.7 Å². The number of rotatable bonds is 8. The Morgan fingerprint density at radius 3 is 2.70 bits per heavy atom. The number of aryl methyl sites for hydroxylation is 1. The van der Waals surface area contributed by atoms with Gasteiger partial charge in [0.2, 0.25) is 12.7 Å². The van der Waals surface area contributed by atoms with E-state index in [2.05, 4.69) is 11.4 Å². The van der Waals surface area contributed by atoms with Crippen molar-refractivity contribution in [1.82, 2.24) is 9.80 Å². The Hall–Kier alpha value is -3.52. The molecule has 0 radical (unpaired) electrons. The number of hydrogen-bond donors (Lipinski definition) is 0. The molecule has 1 aromatic heterocycles. The van der Waals surface area contributed by atoms with Gasteiger partial charge in [-0.2, -0.15) is 0 Å². The van der Waals surface area contributed by atoms with Crippen LogP contribution >= 0.6 is 11.3 Å². The lowest BCUT2D eigenvalue weighted by Crippen LogP contribution is -2.48. The van der Waals surface area contributed by atoms with Gasteiger partial charge in [-0.25, -0.2) is 0 Å². The van der Waals surface area contributed by atoms with Gasteiger partial charge in [0.15, 0.2) is 11.5 Å². The number of fused-ring (bicyclic) bond motifs is 2. The van der Waals surface area contributed by atoms with E-state index < -0.39 is 0 Å². The van der Waals surface area contributed by atoms with E-state index in [-0.39, 0.29) is 31.2 Å². The molecular formula is C29H30N2O5S. The number of ether oxygens (including phenoxy) is 3. The first kappa shape index (κ1) is 23.9. The molecule has 1 aliphatic carbocycles. The highest BCUT2D eigenvalue weighted by Crippen LogP contribution is 2.36. The molecule has 0 bridgehead atoms. The molecule has 0 unspecified atom stereocenters. The molecule has 1 atom stereocenters. The molecule has 37 heavy (non-hydrogen) atoms. The molecule has 6 rings (SSSR count). The van der Waals surface area contributed by atoms with Crippen LogP contribution in [0.15, 0.2) is 53.9 Å². The number of benzene rings is 2. The van der Waals surface area contributed by atoms with E-state index in [4.69, 9.17) is 14.2 Å². The average molecular weight is 519 g/mol. The summed E-state index contributed by atoms with van der Waals surface area (Å²) in [6.07, 6.45) is 3.00. The Kier molecular flexibility index (Phi) is 6.50. The number of amides is 2. The van der Waals surface area contributed by atoms with Crippen molar-refractivity contribution in [2.75, 3.05) is 33.0 Å². The molecule has 0 spiro atoms. The van der Waals surface area contributed by atoms with E-state index in [1.54, 1.807) is 34.4 Å². The van der Waals surface area contributed by atoms with Crippen molar-refractivity contribution in [1.29, 1.82) is 0 Å². The summed E-state index contributed by atoms with van der Waals surface area (Å²) in [7, 11) is 0. The molecule has 0 saturated heterocycles. The SMILES string of the molecule is Cc1ccc(OC[C@H]2c3ccsc3CCN2C(=O)CN(CC2CC2)C(=O)c2ccc3c(c2)OCO3)cc1. The predicted octanol–water partition coefficient (Wildman–Crippen LogP) is 4.84. The van der Waals surface area contributed by atoms with Crippen LogP contribution in [0.5, 0.6) is 17.2 Å². The molecular weight excluding hydrogens is 488 g/mol. The lowest BCUT2D eigenvalue weighted by Gasteiger charge is -2.37. The Morgan fingerprint density at radius 2 is 1.89 bits per heavy atom. The quantitative estimate of drug-likeness (QED) is 0.427. The van der Waals surface area contributed by atoms with Crippen molar-refractivity contribution < 1.29 is 23.8 Å². The van der Waals surface area contributed by atoms with Crippen molar-refractivity contribution in [3.05, 3.63) is 75.5 Å². The summed E-state index contributed by atoms with van der Waals surface area (Å²) in [5, 5.41) is 2.08. The first-order valence-electron chi connectivity index (χ1n) is 12.8. The Bertz CT molecular complexity index is 1300. The van der Waals surface area contributed by atoms with Crippen molar-refractivity contribution in [2.24, 2.45) is 5.92 Å². The third kappa shape index (κ3) is 5.16. The van der Waals surface area contributed by atoms with E-state index in [0.29, 0.717) is 42.7 Å². The summed E-state index contributed by atoms with van der Waals surface area (Å²) in [5.74, 6) is 2.24. The van der Waals surface area contributed by atoms with Gasteiger partial charge in [-0.15, -0.1) is 11.3 Å². The molecule has 3 heterocycles. The van der Waals surface area contributed by atoms with Gasteiger partial charge in [0.25, 0.3) is 5.91 Å². The third-order valence-corrected chi connectivity index (χ3v) is 8.25. The molecule has 7 nitrogen and oxygen atoms in total. The number of carbonyl (C=O) groups is 2. The molecule has 2 aromatic carbocycles. The first-order chi connectivity index (χ1) is 18.0. The molecule has 2 amide bonds. The van der Waals surface area contributed by atoms with Crippen LogP contribution in [0.1, 0.15) is 45.2 Å². The molecule has 3 aromatic rings. The van der Waals surface area contributed by atoms with E-state index in [1.807, 2.05) is 36.1 Å². The van der Waals surface area contributed by atoms with Crippen LogP contribution in [0, 0.1) is 12.8 Å². The van der Waals surface area contributed by atoms with Crippen LogP contribution in [0.4, 0.5) is 0 Å². The van der Waals surface area contributed by atoms with Gasteiger partial charge in [-0.3, -0.25) is 9.59 Å². The second-order valence-electron chi connectivity index (χ2n) is 9.97. The fourth-order valence-corrected chi connectivity index (χ4v) is 5.91. The number of carbonyl (C=O) groups excluding carboxylic acids is 2. The maximum Gasteiger partial charge on any atom is 0.254 e. The largest absolute Gasteiger partial charge is 0.491 e. The van der Waals surface area contributed by atoms with Gasteiger partial charge in [0, 0.05) is 23.5 Å². The monoisotopic (exact) mass is 518 g/mol. The zero-order chi connectivity index (χ0) is 25.4. The van der Waals surface area contributed by atoms with E-state index in [1.165, 1.54) is 10.4 Å². The molecule has 1 saturated carbocycles. The second kappa shape index (κ2) is 10.1. The second-order valence-corrected chi connectivity index (χ2v) is 11.0. The molecule has 3 aliphatic rings. The van der Waals surface area contributed by atoms with Crippen LogP contribution in [0.3, 0.4) is 0 Å². The lowest BCUT2D eigenvalue weighted by atomic mass is 10.00. The van der Waals surface area contributed by atoms with Crippen LogP contribution in [0.25, 0.3) is 0 Å². The molecule has 8 heteroatoms. The zero-order valence-corrected chi connectivity index (χ0v) is 21.7. The maximum atomic E-state index is 13.8. The normalized spacial score (nSPS) is 17.9. The number of nitrogens with zero attached hydrogens (tertiary/aromatic N) is 2. The summed E-state index contributed by atoms with van der Waals surface area (Å²) < 4.78 is 17.0. The van der Waals surface area contributed by atoms with Crippen molar-refractivity contribution >= 4 is 23.2 Å². The smallest absolute Gasteiger partial charge is 0.254 e. The van der Waals surface area contributed by atoms with Gasteiger partial charge >= 0.3 is 0 Å². The Balaban J connectivity index is 1.20. The van der Waals surface area contributed by atoms with Crippen LogP contribution in [0.2, 0.25) is 0 Å². The summed E-state index contributed by atoms with van der Waals surface area (Å²) in [6.45, 7) is 3.82. The highest BCUT2D eigenvalue weighted by Gasteiger charge is 2.35. The van der Waals surface area contributed by atoms with E-state index in [9.17, 15) is 9.59 Å². The highest BCUT2D eigenvalue weighted by atomic mass is 32.1. The fraction of sp³-hybridized carbons (Fsp3) is 0.379. The Morgan fingerprint density at radius 1 is 1.08 bits per heavy atom. The van der Waals surface area contributed by atoms with E-state index in [0.717, 1.165) is 30.6 Å². The minimum Gasteiger partial charge on any atom is -0.491 e. The average Bonchev–Trinajstić information content (AvgIpc) is 3.38. The molecule has 192 valence electrons. The summed E-state index contributed by atoms with van der Waals surface area (Å²) in [5.41, 5.74) is 2.83. The molecule has 0 N–H and O–H groups in total. The standard InChI is InChI=1S/C29H30N2O5S/c1-19-2-7-22(8-3-19)34-17-24-23-11-13-37-27(23)10-12-31(24)28(32)16-30(15-20-4-5-20)29(33)21-6-9-25-26(14-21)36-18-35-25/h2-3,6-9,11,13-14,20,24H,4-5,10,12,15-18H2,1H3/t24-/m0/s1. The van der Waals surface area contributed by atoms with E-state index >= 15 is 0 Å². The van der Waals surface area contributed by atoms with Gasteiger partial charge < -0.3 is 24.0 Å². The zero-order valence-electron chi connectivity index (χ0n) is 20.9. The third-order valence-electron chi connectivity index (χ3n) is 7.25. The molecule has 2 aliphatic heterocycles. The topological polar surface area (TPSA) is 68.3 Å². The van der Waals surface area contributed by atoms with Gasteiger partial charge in [-0.05, 0) is 79.4 Å². The minimum atomic E-state index is -0.188. The fourth-order valence-electron chi connectivity index (χ4n) is 4.98. The van der Waals surface area contributed by atoms with Crippen LogP contribution in [-0.2, 0) is 11.2 Å². The maximum absolute atomic E-state index is 13.8. The van der Waals surface area contributed by atoms with Gasteiger partial charge in [0.05, 0.1) is 6.04 Å². The predicted molar refractivity (Wildman–Crippen MR) is 140 cm³/mol. The summed E-state index contributed by atoms with van der Waals surface area (Å²) >= 11 is 1.73. The summed E-state index contributed by atoms with van der Waals surface area (Å²) in [4.78, 5) is 32.2. The van der Waals surface area contributed by atoms with Gasteiger partial charge in [0.1, 0.15) is 18.9 Å². The van der Waals surface area contributed by atoms with Crippen molar-refractivity contribution in [2.45, 2.75) is 32.2 Å². The first-order valence-corrected chi connectivity index (χ1v) is 13.7. The highest BCUT2D eigenvalue weighted by molar-refractivity contribution is 7.10. The van der Waals surface area contributed by atoms with Crippen LogP contribution in [-0.4, -0.2) is 54.6 Å². The minimum absolute atomic E-state index is 0.0459. The molecule has 1 fully saturated rings. The van der Waals surface area contributed by atoms with Crippen molar-refractivity contribution in [3.63, 3.8) is 0 Å². The lowest BCUT2D eigenvalue weighted by molar-refractivity contribution is -0.135.